The van der Waals surface area contributed by atoms with Gasteiger partial charge in [0.2, 0.25) is 0 Å². The molecule has 0 fully saturated rings. The van der Waals surface area contributed by atoms with Crippen LogP contribution in [0.1, 0.15) is 11.1 Å². The fourth-order valence-electron chi connectivity index (χ4n) is 3.78. The highest BCUT2D eigenvalue weighted by Crippen LogP contribution is 2.19. The molecule has 0 bridgehead atoms. The first-order valence-corrected chi connectivity index (χ1v) is 9.02. The summed E-state index contributed by atoms with van der Waals surface area (Å²) in [7, 11) is 0. The number of nitrogens with zero attached hydrogens (tertiary/aromatic N) is 2. The minimum Gasteiger partial charge on any atom is -0.343 e. The Morgan fingerprint density at radius 1 is 0.500 bits per heavy atom. The number of fused-ring (bicyclic) bond motifs is 2. The third-order valence-electron chi connectivity index (χ3n) is 5.06. The highest BCUT2D eigenvalue weighted by molar-refractivity contribution is 5.80. The van der Waals surface area contributed by atoms with Crippen molar-refractivity contribution in [1.82, 2.24) is 9.13 Å². The van der Waals surface area contributed by atoms with Crippen LogP contribution in [0.25, 0.3) is 21.8 Å². The van der Waals surface area contributed by atoms with Crippen LogP contribution in [0.4, 0.5) is 0 Å². The third-order valence-corrected chi connectivity index (χ3v) is 5.06. The second kappa shape index (κ2) is 6.23. The van der Waals surface area contributed by atoms with Crippen molar-refractivity contribution in [1.29, 1.82) is 0 Å². The van der Waals surface area contributed by atoms with Gasteiger partial charge >= 0.3 is 0 Å². The number of hydrogen-bond donors (Lipinski definition) is 0. The van der Waals surface area contributed by atoms with Crippen LogP contribution in [0.5, 0.6) is 0 Å². The predicted molar refractivity (Wildman–Crippen MR) is 109 cm³/mol. The molecule has 26 heavy (non-hydrogen) atoms. The molecule has 0 atom stereocenters. The number of rotatable bonds is 4. The van der Waals surface area contributed by atoms with Gasteiger partial charge in [-0.25, -0.2) is 0 Å². The second-order valence-electron chi connectivity index (χ2n) is 6.82. The van der Waals surface area contributed by atoms with Crippen LogP contribution in [-0.2, 0) is 13.1 Å². The van der Waals surface area contributed by atoms with Gasteiger partial charge in [-0.05, 0) is 46.2 Å². The highest BCUT2D eigenvalue weighted by Gasteiger charge is 2.04. The summed E-state index contributed by atoms with van der Waals surface area (Å²) in [6.07, 6.45) is 4.35. The standard InChI is InChI=1S/C24H20N2/c1-3-10-23-21(8-1)12-14-25(23)17-19-6-5-7-20(16-19)18-26-15-13-22-9-2-4-11-24(22)26/h1-16H,17-18H2. The van der Waals surface area contributed by atoms with Crippen molar-refractivity contribution in [2.45, 2.75) is 13.1 Å². The molecule has 0 aliphatic carbocycles. The van der Waals surface area contributed by atoms with Crippen molar-refractivity contribution in [2.24, 2.45) is 0 Å². The summed E-state index contributed by atoms with van der Waals surface area (Å²) in [6, 6.07) is 30.4. The molecule has 2 aromatic heterocycles. The summed E-state index contributed by atoms with van der Waals surface area (Å²) in [4.78, 5) is 0. The van der Waals surface area contributed by atoms with Crippen LogP contribution in [0, 0.1) is 0 Å². The Balaban J connectivity index is 1.44. The van der Waals surface area contributed by atoms with E-state index in [0.717, 1.165) is 13.1 Å². The maximum absolute atomic E-state index is 2.32. The van der Waals surface area contributed by atoms with Crippen molar-refractivity contribution < 1.29 is 0 Å². The fraction of sp³-hybridized carbons (Fsp3) is 0.0833. The molecule has 126 valence electrons. The van der Waals surface area contributed by atoms with E-state index in [-0.39, 0.29) is 0 Å². The zero-order chi connectivity index (χ0) is 17.3. The van der Waals surface area contributed by atoms with E-state index in [1.807, 2.05) is 0 Å². The van der Waals surface area contributed by atoms with E-state index < -0.39 is 0 Å². The molecule has 5 rings (SSSR count). The van der Waals surface area contributed by atoms with Gasteiger partial charge < -0.3 is 9.13 Å². The molecule has 0 unspecified atom stereocenters. The van der Waals surface area contributed by atoms with Gasteiger partial charge in [-0.3, -0.25) is 0 Å². The highest BCUT2D eigenvalue weighted by atomic mass is 15.0. The summed E-state index contributed by atoms with van der Waals surface area (Å²) < 4.78 is 4.64. The average Bonchev–Trinajstić information content (AvgIpc) is 3.27. The molecule has 0 spiro atoms. The van der Waals surface area contributed by atoms with Gasteiger partial charge in [-0.15, -0.1) is 0 Å². The fourth-order valence-corrected chi connectivity index (χ4v) is 3.78. The smallest absolute Gasteiger partial charge is 0.0483 e. The lowest BCUT2D eigenvalue weighted by Gasteiger charge is -2.10. The zero-order valence-corrected chi connectivity index (χ0v) is 14.5. The predicted octanol–water partition coefficient (Wildman–Crippen LogP) is 5.69. The molecule has 2 heteroatoms. The number of para-hydroxylation sites is 2. The summed E-state index contributed by atoms with van der Waals surface area (Å²) in [5.74, 6) is 0. The molecule has 0 saturated heterocycles. The van der Waals surface area contributed by atoms with E-state index in [1.165, 1.54) is 32.9 Å². The van der Waals surface area contributed by atoms with Crippen LogP contribution < -0.4 is 0 Å². The van der Waals surface area contributed by atoms with Crippen molar-refractivity contribution >= 4 is 21.8 Å². The Kier molecular flexibility index (Phi) is 3.60. The molecule has 3 aromatic carbocycles. The Labute approximate surface area is 152 Å². The normalized spacial score (nSPS) is 11.4. The van der Waals surface area contributed by atoms with Crippen LogP contribution in [0.15, 0.2) is 97.3 Å². The molecule has 0 aliphatic rings. The molecule has 0 N–H and O–H groups in total. The first kappa shape index (κ1) is 15.0. The SMILES string of the molecule is c1cc(Cn2ccc3ccccc32)cc(Cn2ccc3ccccc32)c1. The van der Waals surface area contributed by atoms with E-state index in [4.69, 9.17) is 0 Å². The molecule has 0 aliphatic heterocycles. The molecule has 2 heterocycles. The molecular formula is C24H20N2. The van der Waals surface area contributed by atoms with E-state index in [0.29, 0.717) is 0 Å². The van der Waals surface area contributed by atoms with Crippen molar-refractivity contribution in [3.63, 3.8) is 0 Å². The van der Waals surface area contributed by atoms with Gasteiger partial charge in [0.25, 0.3) is 0 Å². The number of benzene rings is 3. The number of hydrogen-bond acceptors (Lipinski definition) is 0. The van der Waals surface area contributed by atoms with Gasteiger partial charge in [0.05, 0.1) is 0 Å². The summed E-state index contributed by atoms with van der Waals surface area (Å²) in [5.41, 5.74) is 5.24. The molecular weight excluding hydrogens is 316 g/mol. The first-order valence-electron chi connectivity index (χ1n) is 9.02. The topological polar surface area (TPSA) is 9.86 Å². The Hall–Kier alpha value is -3.26. The van der Waals surface area contributed by atoms with Crippen molar-refractivity contribution in [2.75, 3.05) is 0 Å². The van der Waals surface area contributed by atoms with Crippen LogP contribution in [-0.4, -0.2) is 9.13 Å². The van der Waals surface area contributed by atoms with E-state index in [1.54, 1.807) is 0 Å². The largest absolute Gasteiger partial charge is 0.343 e. The van der Waals surface area contributed by atoms with Crippen LogP contribution in [0.2, 0.25) is 0 Å². The first-order chi connectivity index (χ1) is 12.9. The van der Waals surface area contributed by atoms with Gasteiger partial charge in [0, 0.05) is 36.5 Å². The van der Waals surface area contributed by atoms with E-state index in [2.05, 4.69) is 106 Å². The molecule has 0 amide bonds. The minimum atomic E-state index is 0.897. The maximum Gasteiger partial charge on any atom is 0.0483 e. The Morgan fingerprint density at radius 3 is 1.54 bits per heavy atom. The Bertz CT molecular complexity index is 1100. The van der Waals surface area contributed by atoms with E-state index >= 15 is 0 Å². The average molecular weight is 336 g/mol. The quantitative estimate of drug-likeness (QED) is 0.399. The lowest BCUT2D eigenvalue weighted by Crippen LogP contribution is -2.01. The van der Waals surface area contributed by atoms with Gasteiger partial charge in [-0.1, -0.05) is 60.7 Å². The monoisotopic (exact) mass is 336 g/mol. The molecule has 2 nitrogen and oxygen atoms in total. The molecule has 0 radical (unpaired) electrons. The molecule has 0 saturated carbocycles. The lowest BCUT2D eigenvalue weighted by molar-refractivity contribution is 0.814. The molecule has 5 aromatic rings. The number of aromatic nitrogens is 2. The van der Waals surface area contributed by atoms with Gasteiger partial charge in [0.1, 0.15) is 0 Å². The van der Waals surface area contributed by atoms with Gasteiger partial charge in [0.15, 0.2) is 0 Å². The van der Waals surface area contributed by atoms with Crippen molar-refractivity contribution in [3.05, 3.63) is 108 Å². The minimum absolute atomic E-state index is 0.897. The summed E-state index contributed by atoms with van der Waals surface area (Å²) in [5, 5.41) is 2.59. The zero-order valence-electron chi connectivity index (χ0n) is 14.5. The lowest BCUT2D eigenvalue weighted by atomic mass is 10.1. The van der Waals surface area contributed by atoms with Crippen LogP contribution in [0.3, 0.4) is 0 Å². The van der Waals surface area contributed by atoms with E-state index in [9.17, 15) is 0 Å². The van der Waals surface area contributed by atoms with Crippen LogP contribution >= 0.6 is 0 Å². The van der Waals surface area contributed by atoms with Gasteiger partial charge in [-0.2, -0.15) is 0 Å². The van der Waals surface area contributed by atoms with Crippen molar-refractivity contribution in [3.8, 4) is 0 Å². The Morgan fingerprint density at radius 2 is 1.00 bits per heavy atom. The summed E-state index contributed by atoms with van der Waals surface area (Å²) in [6.45, 7) is 1.79. The summed E-state index contributed by atoms with van der Waals surface area (Å²) >= 11 is 0. The second-order valence-corrected chi connectivity index (χ2v) is 6.82. The third kappa shape index (κ3) is 2.70. The maximum atomic E-state index is 2.32.